The van der Waals surface area contributed by atoms with E-state index in [0.717, 1.165) is 15.7 Å². The lowest BCUT2D eigenvalue weighted by molar-refractivity contribution is -0.119. The van der Waals surface area contributed by atoms with Crippen molar-refractivity contribution < 1.29 is 9.53 Å². The summed E-state index contributed by atoms with van der Waals surface area (Å²) in [5, 5.41) is 3.38. The van der Waals surface area contributed by atoms with Crippen LogP contribution in [0.25, 0.3) is 0 Å². The summed E-state index contributed by atoms with van der Waals surface area (Å²) in [5.74, 6) is 0.157. The highest BCUT2D eigenvalue weighted by Crippen LogP contribution is 2.21. The Bertz CT molecular complexity index is 644. The number of nitrogens with two attached hydrogens (primary N) is 1. The number of aryl methyl sites for hydroxylation is 1. The maximum atomic E-state index is 10.7. The zero-order valence-corrected chi connectivity index (χ0v) is 13.3. The van der Waals surface area contributed by atoms with E-state index in [1.807, 2.05) is 30.3 Å². The zero-order chi connectivity index (χ0) is 15.2. The molecule has 0 aliphatic rings. The molecule has 0 bridgehead atoms. The Morgan fingerprint density at radius 1 is 1.29 bits per heavy atom. The predicted molar refractivity (Wildman–Crippen MR) is 87.3 cm³/mol. The molecule has 0 heterocycles. The fraction of sp³-hybridized carbons (Fsp3) is 0.188. The number of carbonyl (C=O) groups excluding carboxylic acids is 1. The molecular formula is C16H17BrN2O2. The molecule has 0 aromatic heterocycles. The van der Waals surface area contributed by atoms with Gasteiger partial charge in [0.05, 0.1) is 0 Å². The van der Waals surface area contributed by atoms with Gasteiger partial charge >= 0.3 is 0 Å². The largest absolute Gasteiger partial charge is 0.484 e. The van der Waals surface area contributed by atoms with Crippen molar-refractivity contribution in [1.82, 2.24) is 0 Å². The van der Waals surface area contributed by atoms with Crippen molar-refractivity contribution in [3.63, 3.8) is 0 Å². The topological polar surface area (TPSA) is 64.3 Å². The highest BCUT2D eigenvalue weighted by Gasteiger charge is 2.02. The van der Waals surface area contributed by atoms with Crippen LogP contribution in [0.1, 0.15) is 11.1 Å². The second-order valence-electron chi connectivity index (χ2n) is 4.72. The number of ether oxygens (including phenoxy) is 1. The molecular weight excluding hydrogens is 332 g/mol. The van der Waals surface area contributed by atoms with E-state index in [4.69, 9.17) is 10.5 Å². The Morgan fingerprint density at radius 2 is 2.10 bits per heavy atom. The average Bonchev–Trinajstić information content (AvgIpc) is 2.45. The van der Waals surface area contributed by atoms with Crippen molar-refractivity contribution in [2.24, 2.45) is 5.73 Å². The number of rotatable bonds is 6. The minimum Gasteiger partial charge on any atom is -0.484 e. The minimum absolute atomic E-state index is 0.108. The van der Waals surface area contributed by atoms with Crippen LogP contribution >= 0.6 is 15.9 Å². The number of nitrogens with one attached hydrogen (secondary N) is 1. The molecule has 110 valence electrons. The molecule has 2 rings (SSSR count). The second kappa shape index (κ2) is 7.13. The molecule has 0 aliphatic carbocycles. The lowest BCUT2D eigenvalue weighted by Crippen LogP contribution is -2.20. The van der Waals surface area contributed by atoms with Crippen LogP contribution in [0.4, 0.5) is 5.69 Å². The summed E-state index contributed by atoms with van der Waals surface area (Å²) >= 11 is 3.45. The summed E-state index contributed by atoms with van der Waals surface area (Å²) in [6, 6.07) is 13.7. The Kier molecular flexibility index (Phi) is 5.22. The molecule has 5 heteroatoms. The van der Waals surface area contributed by atoms with Gasteiger partial charge in [0.2, 0.25) is 0 Å². The van der Waals surface area contributed by atoms with Gasteiger partial charge in [0.1, 0.15) is 5.75 Å². The molecule has 0 saturated heterocycles. The number of halogens is 1. The van der Waals surface area contributed by atoms with Gasteiger partial charge in [-0.2, -0.15) is 0 Å². The van der Waals surface area contributed by atoms with E-state index >= 15 is 0 Å². The summed E-state index contributed by atoms with van der Waals surface area (Å²) < 4.78 is 6.35. The molecule has 0 unspecified atom stereocenters. The second-order valence-corrected chi connectivity index (χ2v) is 5.63. The lowest BCUT2D eigenvalue weighted by atomic mass is 10.1. The number of benzene rings is 2. The average molecular weight is 349 g/mol. The molecule has 0 atom stereocenters. The summed E-state index contributed by atoms with van der Waals surface area (Å²) in [4.78, 5) is 10.7. The first-order chi connectivity index (χ1) is 10.0. The quantitative estimate of drug-likeness (QED) is 0.842. The summed E-state index contributed by atoms with van der Waals surface area (Å²) in [6.45, 7) is 2.62. The van der Waals surface area contributed by atoms with Crippen LogP contribution in [0, 0.1) is 6.92 Å². The number of amides is 1. The van der Waals surface area contributed by atoms with Gasteiger partial charge < -0.3 is 15.8 Å². The summed E-state index contributed by atoms with van der Waals surface area (Å²) in [7, 11) is 0. The van der Waals surface area contributed by atoms with Crippen molar-refractivity contribution in [1.29, 1.82) is 0 Å². The third-order valence-electron chi connectivity index (χ3n) is 2.95. The van der Waals surface area contributed by atoms with Gasteiger partial charge in [0.15, 0.2) is 6.61 Å². The minimum atomic E-state index is -0.482. The number of hydrogen-bond donors (Lipinski definition) is 2. The van der Waals surface area contributed by atoms with Gasteiger partial charge in [-0.05, 0) is 48.4 Å². The van der Waals surface area contributed by atoms with Gasteiger partial charge in [-0.3, -0.25) is 4.79 Å². The van der Waals surface area contributed by atoms with Crippen LogP contribution < -0.4 is 15.8 Å². The van der Waals surface area contributed by atoms with E-state index in [1.54, 1.807) is 6.07 Å². The first-order valence-corrected chi connectivity index (χ1v) is 7.34. The number of anilines is 1. The molecule has 0 radical (unpaired) electrons. The van der Waals surface area contributed by atoms with Gasteiger partial charge in [0, 0.05) is 16.7 Å². The van der Waals surface area contributed by atoms with Crippen LogP contribution in [0.15, 0.2) is 46.9 Å². The number of carbonyl (C=O) groups is 1. The Morgan fingerprint density at radius 3 is 2.81 bits per heavy atom. The Hall–Kier alpha value is -2.01. The Balaban J connectivity index is 1.99. The molecule has 3 N–H and O–H groups in total. The van der Waals surface area contributed by atoms with Gasteiger partial charge in [-0.1, -0.05) is 28.1 Å². The van der Waals surface area contributed by atoms with Gasteiger partial charge in [0.25, 0.3) is 5.91 Å². The normalized spacial score (nSPS) is 10.2. The van der Waals surface area contributed by atoms with Gasteiger partial charge in [-0.25, -0.2) is 0 Å². The van der Waals surface area contributed by atoms with E-state index in [2.05, 4.69) is 34.2 Å². The van der Waals surface area contributed by atoms with E-state index < -0.39 is 5.91 Å². The molecule has 0 saturated carbocycles. The maximum absolute atomic E-state index is 10.7. The van der Waals surface area contributed by atoms with Crippen LogP contribution in [0.2, 0.25) is 0 Å². The molecule has 0 aliphatic heterocycles. The van der Waals surface area contributed by atoms with Crippen LogP contribution in [-0.4, -0.2) is 12.5 Å². The van der Waals surface area contributed by atoms with Crippen molar-refractivity contribution in [2.75, 3.05) is 11.9 Å². The molecule has 2 aromatic carbocycles. The third kappa shape index (κ3) is 4.79. The zero-order valence-electron chi connectivity index (χ0n) is 11.7. The van der Waals surface area contributed by atoms with Crippen molar-refractivity contribution in [3.8, 4) is 5.75 Å². The van der Waals surface area contributed by atoms with E-state index in [1.165, 1.54) is 5.56 Å². The van der Waals surface area contributed by atoms with Crippen LogP contribution in [0.3, 0.4) is 0 Å². The molecule has 0 fully saturated rings. The predicted octanol–water partition coefficient (Wildman–Crippen LogP) is 3.23. The lowest BCUT2D eigenvalue weighted by Gasteiger charge is -2.11. The van der Waals surface area contributed by atoms with Crippen molar-refractivity contribution in [2.45, 2.75) is 13.5 Å². The van der Waals surface area contributed by atoms with E-state index in [0.29, 0.717) is 12.3 Å². The summed E-state index contributed by atoms with van der Waals surface area (Å²) in [5.41, 5.74) is 8.39. The molecule has 2 aromatic rings. The highest BCUT2D eigenvalue weighted by atomic mass is 79.9. The fourth-order valence-electron chi connectivity index (χ4n) is 1.92. The summed E-state index contributed by atoms with van der Waals surface area (Å²) in [6.07, 6.45) is 0. The first-order valence-electron chi connectivity index (χ1n) is 6.54. The first kappa shape index (κ1) is 15.4. The van der Waals surface area contributed by atoms with E-state index in [-0.39, 0.29) is 6.61 Å². The monoisotopic (exact) mass is 348 g/mol. The SMILES string of the molecule is Cc1cc(Br)ccc1NCc1cccc(OCC(N)=O)c1. The standard InChI is InChI=1S/C16H17BrN2O2/c1-11-7-13(17)5-6-15(11)19-9-12-3-2-4-14(8-12)21-10-16(18)20/h2-8,19H,9-10H2,1H3,(H2,18,20). The van der Waals surface area contributed by atoms with E-state index in [9.17, 15) is 4.79 Å². The molecule has 21 heavy (non-hydrogen) atoms. The van der Waals surface area contributed by atoms with Crippen LogP contribution in [0.5, 0.6) is 5.75 Å². The highest BCUT2D eigenvalue weighted by molar-refractivity contribution is 9.10. The number of primary amides is 1. The molecule has 4 nitrogen and oxygen atoms in total. The Labute approximate surface area is 132 Å². The molecule has 1 amide bonds. The smallest absolute Gasteiger partial charge is 0.255 e. The van der Waals surface area contributed by atoms with Crippen molar-refractivity contribution in [3.05, 3.63) is 58.1 Å². The maximum Gasteiger partial charge on any atom is 0.255 e. The fourth-order valence-corrected chi connectivity index (χ4v) is 2.40. The van der Waals surface area contributed by atoms with Crippen LogP contribution in [-0.2, 0) is 11.3 Å². The number of hydrogen-bond acceptors (Lipinski definition) is 3. The van der Waals surface area contributed by atoms with Crippen molar-refractivity contribution >= 4 is 27.5 Å². The molecule has 0 spiro atoms. The third-order valence-corrected chi connectivity index (χ3v) is 3.44. The van der Waals surface area contributed by atoms with Gasteiger partial charge in [-0.15, -0.1) is 0 Å².